The van der Waals surface area contributed by atoms with E-state index >= 15 is 0 Å². The average molecular weight is 432 g/mol. The van der Waals surface area contributed by atoms with Gasteiger partial charge < -0.3 is 4.74 Å². The summed E-state index contributed by atoms with van der Waals surface area (Å²) >= 11 is 0. The molecule has 0 fully saturated rings. The van der Waals surface area contributed by atoms with Crippen LogP contribution in [-0.2, 0) is 6.42 Å². The summed E-state index contributed by atoms with van der Waals surface area (Å²) in [4.78, 5) is 0. The molecule has 0 heterocycles. The van der Waals surface area contributed by atoms with E-state index in [0.29, 0.717) is 0 Å². The van der Waals surface area contributed by atoms with Gasteiger partial charge in [0.1, 0.15) is 0 Å². The molecule has 1 aromatic carbocycles. The minimum absolute atomic E-state index is 0. The van der Waals surface area contributed by atoms with E-state index in [1.165, 1.54) is 0 Å². The van der Waals surface area contributed by atoms with Gasteiger partial charge >= 0.3 is 0 Å². The van der Waals surface area contributed by atoms with Crippen LogP contribution >= 0.6 is 0 Å². The van der Waals surface area contributed by atoms with E-state index in [-0.39, 0.29) is 0 Å². The summed E-state index contributed by atoms with van der Waals surface area (Å²) in [7, 11) is 3.32. The summed E-state index contributed by atoms with van der Waals surface area (Å²) in [5, 5.41) is 0. The van der Waals surface area contributed by atoms with Crippen molar-refractivity contribution in [1.82, 2.24) is 0 Å². The maximum absolute atomic E-state index is 7.72. The van der Waals surface area contributed by atoms with Crippen molar-refractivity contribution in [2.24, 2.45) is 5.89 Å². The summed E-state index contributed by atoms with van der Waals surface area (Å²) < 4.78 is 12.5. The predicted molar refractivity (Wildman–Crippen MR) is 51.0 cm³/mol. The van der Waals surface area contributed by atoms with E-state index < -0.39 is 5.89 Å². The van der Waals surface area contributed by atoms with E-state index in [1.54, 1.807) is 0 Å². The van der Waals surface area contributed by atoms with E-state index in [2.05, 4.69) is 7.11 Å². The number of hydrogen-bond acceptors (Lipinski definition) is 1. The summed E-state index contributed by atoms with van der Waals surface area (Å²) in [6, 6.07) is 7.68. The molecule has 13 heavy (non-hydrogen) atoms. The minimum Gasteiger partial charge on any atom is -0.665 e. The van der Waals surface area contributed by atoms with Gasteiger partial charge in [0.05, 0.1) is 5.75 Å². The zero-order chi connectivity index (χ0) is 9.90. The zero-order valence-corrected chi connectivity index (χ0v) is 14.7. The average Bonchev–Trinajstić information content (AvgIpc) is 2.03. The van der Waals surface area contributed by atoms with E-state index in [4.69, 9.17) is 6.11 Å². The standard InChI is InChI=1S/C11H15O.Rf/c1-9(2)8-10-4-6-11(12-3)7-5-10;/h4-7,9H,3,8H2,1-2H3;/q-1;/i9T;. The molecule has 0 saturated heterocycles. The van der Waals surface area contributed by atoms with E-state index in [1.807, 2.05) is 38.1 Å². The monoisotopic (exact) mass is 432 g/mol. The first-order valence-corrected chi connectivity index (χ1v) is 4.02. The molecule has 0 unspecified atom stereocenters. The Morgan fingerprint density at radius 3 is 2.31 bits per heavy atom. The molecular formula is C11H15ORf-. The van der Waals surface area contributed by atoms with Crippen molar-refractivity contribution < 1.29 is 6.11 Å². The Morgan fingerprint density at radius 1 is 1.38 bits per heavy atom. The molecule has 0 spiro atoms. The molecule has 0 N–H and O–H groups in total. The van der Waals surface area contributed by atoms with Crippen molar-refractivity contribution in [3.63, 3.8) is 0 Å². The second-order valence-electron chi connectivity index (χ2n) is 3.17. The fourth-order valence-electron chi connectivity index (χ4n) is 1.11. The Labute approximate surface area is 75.8 Å². The molecular weight excluding hydrogens is 415 g/mol. The molecule has 0 aliphatic heterocycles. The number of benzene rings is 1. The fourth-order valence-corrected chi connectivity index (χ4v) is 1.11. The van der Waals surface area contributed by atoms with E-state index in [9.17, 15) is 0 Å². The SMILES string of the molecule is [3H]C(C)(C)Cc1ccc(O[CH2-])cc1.[Rf]. The van der Waals surface area contributed by atoms with Gasteiger partial charge in [-0.1, -0.05) is 26.0 Å². The largest absolute Gasteiger partial charge is 0.665 e. The van der Waals surface area contributed by atoms with Gasteiger partial charge in [-0.3, -0.25) is 0 Å². The van der Waals surface area contributed by atoms with Crippen molar-refractivity contribution >= 4 is 0 Å². The second-order valence-corrected chi connectivity index (χ2v) is 3.17. The predicted octanol–water partition coefficient (Wildman–Crippen LogP) is 3.06. The van der Waals surface area contributed by atoms with Crippen LogP contribution in [0.1, 0.15) is 20.8 Å². The summed E-state index contributed by atoms with van der Waals surface area (Å²) in [6.45, 7) is 3.80. The van der Waals surface area contributed by atoms with Crippen LogP contribution in [0.2, 0.25) is 0 Å². The number of hydrogen-bond donors (Lipinski definition) is 0. The van der Waals surface area contributed by atoms with Crippen LogP contribution in [0, 0.1) is 13.0 Å². The van der Waals surface area contributed by atoms with Crippen LogP contribution < -0.4 is 4.74 Å². The smallest absolute Gasteiger partial charge is 0.0843 e. The Hall–Kier alpha value is -1.98. The summed E-state index contributed by atoms with van der Waals surface area (Å²) in [5.41, 5.74) is 1.15. The van der Waals surface area contributed by atoms with Crippen LogP contribution in [0.3, 0.4) is 0 Å². The van der Waals surface area contributed by atoms with Gasteiger partial charge in [-0.2, -0.15) is 7.11 Å². The first kappa shape index (κ1) is 9.11. The molecule has 0 atom stereocenters. The molecule has 0 aliphatic carbocycles. The van der Waals surface area contributed by atoms with E-state index in [0.717, 1.165) is 17.7 Å². The molecule has 1 aromatic rings. The Bertz CT molecular complexity index is 264. The minimum atomic E-state index is -0.410. The third-order valence-electron chi connectivity index (χ3n) is 1.65. The molecule has 0 aliphatic rings. The fraction of sp³-hybridized carbons (Fsp3) is 0.364. The molecule has 2 heteroatoms. The van der Waals surface area contributed by atoms with Crippen LogP contribution in [0.5, 0.6) is 5.75 Å². The Balaban J connectivity index is 0.00000169. The Morgan fingerprint density at radius 2 is 1.92 bits per heavy atom. The molecule has 0 radical (unpaired) electrons. The second kappa shape index (κ2) is 4.81. The van der Waals surface area contributed by atoms with Gasteiger partial charge in [0.15, 0.2) is 0 Å². The van der Waals surface area contributed by atoms with Crippen molar-refractivity contribution in [2.75, 3.05) is 0 Å². The third kappa shape index (κ3) is 3.28. The summed E-state index contributed by atoms with van der Waals surface area (Å²) in [5.74, 6) is 0.346. The molecule has 1 nitrogen and oxygen atoms in total. The molecule has 1 rings (SSSR count). The topological polar surface area (TPSA) is 9.23 Å². The van der Waals surface area contributed by atoms with Gasteiger partial charge in [-0.25, -0.2) is 0 Å². The molecule has 0 amide bonds. The maximum Gasteiger partial charge on any atom is 0.0843 e. The van der Waals surface area contributed by atoms with Crippen molar-refractivity contribution in [1.29, 1.82) is 0 Å². The van der Waals surface area contributed by atoms with Gasteiger partial charge in [0.25, 0.3) is 0 Å². The molecule has 0 bridgehead atoms. The van der Waals surface area contributed by atoms with Crippen molar-refractivity contribution in [3.8, 4) is 5.75 Å². The van der Waals surface area contributed by atoms with Crippen LogP contribution in [0.15, 0.2) is 24.3 Å². The van der Waals surface area contributed by atoms with Gasteiger partial charge in [0.2, 0.25) is 0 Å². The van der Waals surface area contributed by atoms with Crippen LogP contribution in [-0.4, -0.2) is 0 Å². The number of ether oxygens (including phenoxy) is 1. The van der Waals surface area contributed by atoms with Crippen molar-refractivity contribution in [2.45, 2.75) is 20.3 Å². The van der Waals surface area contributed by atoms with Gasteiger partial charge in [0, 0.05) is 1.37 Å². The maximum atomic E-state index is 7.72. The number of rotatable bonds is 3. The normalized spacial score (nSPS) is 11.5. The summed E-state index contributed by atoms with van der Waals surface area (Å²) in [6.07, 6.45) is 0.754. The third-order valence-corrected chi connectivity index (χ3v) is 1.65. The Kier molecular flexibility index (Phi) is 3.37. The van der Waals surface area contributed by atoms with Gasteiger partial charge in [-0.05, 0) is 30.0 Å². The first-order chi connectivity index (χ1) is 6.01. The van der Waals surface area contributed by atoms with Crippen molar-refractivity contribution in [3.05, 3.63) is 36.9 Å². The molecule has 0 saturated carbocycles. The molecule has 0 aromatic heterocycles. The quantitative estimate of drug-likeness (QED) is 0.668. The zero-order valence-electron chi connectivity index (χ0n) is 9.34. The van der Waals surface area contributed by atoms with Gasteiger partial charge in [-0.15, -0.1) is 0 Å². The van der Waals surface area contributed by atoms with Crippen LogP contribution in [0.25, 0.3) is 0 Å². The first-order valence-electron chi connectivity index (χ1n) is 4.52. The molecule has 68 valence electrons. The van der Waals surface area contributed by atoms with Crippen LogP contribution in [0.4, 0.5) is 0 Å².